The topological polar surface area (TPSA) is 90.0 Å². The molecular weight excluding hydrogens is 344 g/mol. The molecule has 7 nitrogen and oxygen atoms in total. The van der Waals surface area contributed by atoms with Gasteiger partial charge in [-0.2, -0.15) is 0 Å². The highest BCUT2D eigenvalue weighted by atomic mass is 16.3. The summed E-state index contributed by atoms with van der Waals surface area (Å²) in [7, 11) is 0. The van der Waals surface area contributed by atoms with Crippen LogP contribution in [0.5, 0.6) is 0 Å². The van der Waals surface area contributed by atoms with E-state index in [-0.39, 0.29) is 24.4 Å². The fraction of sp³-hybridized carbons (Fsp3) is 0.200. The maximum Gasteiger partial charge on any atom is 0.261 e. The summed E-state index contributed by atoms with van der Waals surface area (Å²) >= 11 is 0. The first-order chi connectivity index (χ1) is 13.1. The Bertz CT molecular complexity index is 1190. The fourth-order valence-electron chi connectivity index (χ4n) is 2.92. The number of oxazole rings is 1. The van der Waals surface area contributed by atoms with Crippen LogP contribution in [0.2, 0.25) is 0 Å². The Morgan fingerprint density at radius 1 is 1.19 bits per heavy atom. The monoisotopic (exact) mass is 362 g/mol. The largest absolute Gasteiger partial charge is 0.441 e. The van der Waals surface area contributed by atoms with Crippen molar-refractivity contribution in [2.45, 2.75) is 26.3 Å². The van der Waals surface area contributed by atoms with Crippen molar-refractivity contribution in [2.75, 3.05) is 5.32 Å². The number of amides is 1. The van der Waals surface area contributed by atoms with Crippen LogP contribution in [0.25, 0.3) is 22.0 Å². The summed E-state index contributed by atoms with van der Waals surface area (Å²) in [6.45, 7) is 2.23. The standard InChI is InChI=1S/C20H18N4O3/c1-2-19-23-16-11-13(7-8-17(16)27-19)22-18(25)9-10-24-12-21-15-6-4-3-5-14(15)20(24)26/h3-8,11-12H,2,9-10H2,1H3,(H,22,25). The fourth-order valence-corrected chi connectivity index (χ4v) is 2.92. The van der Waals surface area contributed by atoms with Gasteiger partial charge in [-0.15, -0.1) is 0 Å². The summed E-state index contributed by atoms with van der Waals surface area (Å²) in [4.78, 5) is 33.3. The van der Waals surface area contributed by atoms with E-state index in [0.717, 1.165) is 0 Å². The number of nitrogens with one attached hydrogen (secondary N) is 1. The predicted molar refractivity (Wildman–Crippen MR) is 103 cm³/mol. The van der Waals surface area contributed by atoms with Crippen LogP contribution in [0.4, 0.5) is 5.69 Å². The van der Waals surface area contributed by atoms with Gasteiger partial charge in [0.2, 0.25) is 5.91 Å². The Kier molecular flexibility index (Phi) is 4.42. The van der Waals surface area contributed by atoms with E-state index in [0.29, 0.717) is 40.0 Å². The maximum atomic E-state index is 12.4. The van der Waals surface area contributed by atoms with E-state index in [1.807, 2.05) is 13.0 Å². The summed E-state index contributed by atoms with van der Waals surface area (Å²) in [6, 6.07) is 12.5. The molecule has 0 aliphatic rings. The van der Waals surface area contributed by atoms with E-state index in [9.17, 15) is 9.59 Å². The zero-order valence-electron chi connectivity index (χ0n) is 14.8. The molecular formula is C20H18N4O3. The van der Waals surface area contributed by atoms with Crippen LogP contribution < -0.4 is 10.9 Å². The van der Waals surface area contributed by atoms with Gasteiger partial charge >= 0.3 is 0 Å². The molecule has 2 aromatic heterocycles. The molecule has 136 valence electrons. The molecule has 0 aliphatic carbocycles. The first-order valence-corrected chi connectivity index (χ1v) is 8.77. The molecule has 0 unspecified atom stereocenters. The molecule has 0 radical (unpaired) electrons. The molecule has 0 bridgehead atoms. The Labute approximate surface area is 154 Å². The molecule has 0 aliphatic heterocycles. The molecule has 2 aromatic carbocycles. The number of hydrogen-bond donors (Lipinski definition) is 1. The highest BCUT2D eigenvalue weighted by molar-refractivity contribution is 5.92. The van der Waals surface area contributed by atoms with E-state index in [2.05, 4.69) is 15.3 Å². The first kappa shape index (κ1) is 17.0. The van der Waals surface area contributed by atoms with Gasteiger partial charge in [-0.25, -0.2) is 9.97 Å². The van der Waals surface area contributed by atoms with Crippen LogP contribution in [0.3, 0.4) is 0 Å². The summed E-state index contributed by atoms with van der Waals surface area (Å²) in [6.07, 6.45) is 2.35. The number of para-hydroxylation sites is 1. The molecule has 1 N–H and O–H groups in total. The number of aryl methyl sites for hydroxylation is 2. The van der Waals surface area contributed by atoms with E-state index in [1.54, 1.807) is 36.4 Å². The summed E-state index contributed by atoms with van der Waals surface area (Å²) < 4.78 is 7.02. The minimum atomic E-state index is -0.186. The number of fused-ring (bicyclic) bond motifs is 2. The summed E-state index contributed by atoms with van der Waals surface area (Å²) in [5, 5.41) is 3.38. The molecule has 0 atom stereocenters. The number of nitrogens with zero attached hydrogens (tertiary/aromatic N) is 3. The van der Waals surface area contributed by atoms with Crippen molar-refractivity contribution < 1.29 is 9.21 Å². The minimum Gasteiger partial charge on any atom is -0.441 e. The first-order valence-electron chi connectivity index (χ1n) is 8.77. The molecule has 7 heteroatoms. The Morgan fingerprint density at radius 2 is 2.04 bits per heavy atom. The molecule has 27 heavy (non-hydrogen) atoms. The average Bonchev–Trinajstić information content (AvgIpc) is 3.10. The lowest BCUT2D eigenvalue weighted by Gasteiger charge is -2.07. The Morgan fingerprint density at radius 3 is 2.89 bits per heavy atom. The molecule has 0 saturated heterocycles. The van der Waals surface area contributed by atoms with Crippen LogP contribution in [-0.4, -0.2) is 20.4 Å². The number of anilines is 1. The van der Waals surface area contributed by atoms with Crippen molar-refractivity contribution in [1.29, 1.82) is 0 Å². The van der Waals surface area contributed by atoms with Gasteiger partial charge in [0.1, 0.15) is 5.52 Å². The molecule has 4 aromatic rings. The quantitative estimate of drug-likeness (QED) is 0.589. The molecule has 0 spiro atoms. The van der Waals surface area contributed by atoms with Gasteiger partial charge in [-0.05, 0) is 30.3 Å². The van der Waals surface area contributed by atoms with Crippen molar-refractivity contribution >= 4 is 33.6 Å². The van der Waals surface area contributed by atoms with Gasteiger partial charge in [-0.1, -0.05) is 19.1 Å². The van der Waals surface area contributed by atoms with E-state index >= 15 is 0 Å². The third-order valence-corrected chi connectivity index (χ3v) is 4.33. The van der Waals surface area contributed by atoms with E-state index in [4.69, 9.17) is 4.42 Å². The van der Waals surface area contributed by atoms with Crippen molar-refractivity contribution in [3.05, 3.63) is 65.0 Å². The van der Waals surface area contributed by atoms with E-state index < -0.39 is 0 Å². The molecule has 0 fully saturated rings. The van der Waals surface area contributed by atoms with Crippen molar-refractivity contribution in [3.8, 4) is 0 Å². The van der Waals surface area contributed by atoms with Gasteiger partial charge in [0.05, 0.1) is 17.2 Å². The second-order valence-corrected chi connectivity index (χ2v) is 6.20. The Balaban J connectivity index is 1.45. The zero-order chi connectivity index (χ0) is 18.8. The number of hydrogen-bond acceptors (Lipinski definition) is 5. The van der Waals surface area contributed by atoms with Gasteiger partial charge in [-0.3, -0.25) is 14.2 Å². The molecule has 2 heterocycles. The van der Waals surface area contributed by atoms with Crippen molar-refractivity contribution in [1.82, 2.24) is 14.5 Å². The number of carbonyl (C=O) groups is 1. The predicted octanol–water partition coefficient (Wildman–Crippen LogP) is 3.13. The van der Waals surface area contributed by atoms with E-state index in [1.165, 1.54) is 10.9 Å². The normalized spacial score (nSPS) is 11.1. The smallest absolute Gasteiger partial charge is 0.261 e. The maximum absolute atomic E-state index is 12.4. The van der Waals surface area contributed by atoms with Crippen LogP contribution >= 0.6 is 0 Å². The number of rotatable bonds is 5. The van der Waals surface area contributed by atoms with Crippen LogP contribution in [-0.2, 0) is 17.8 Å². The lowest BCUT2D eigenvalue weighted by atomic mass is 10.2. The van der Waals surface area contributed by atoms with Gasteiger partial charge < -0.3 is 9.73 Å². The molecule has 0 saturated carbocycles. The van der Waals surface area contributed by atoms with Crippen LogP contribution in [0.1, 0.15) is 19.2 Å². The highest BCUT2D eigenvalue weighted by Crippen LogP contribution is 2.20. The third-order valence-electron chi connectivity index (χ3n) is 4.33. The van der Waals surface area contributed by atoms with Crippen molar-refractivity contribution in [2.24, 2.45) is 0 Å². The molecule has 1 amide bonds. The number of carbonyl (C=O) groups excluding carboxylic acids is 1. The summed E-state index contributed by atoms with van der Waals surface area (Å²) in [5.41, 5.74) is 2.55. The highest BCUT2D eigenvalue weighted by Gasteiger charge is 2.09. The lowest BCUT2D eigenvalue weighted by molar-refractivity contribution is -0.116. The average molecular weight is 362 g/mol. The van der Waals surface area contributed by atoms with Crippen LogP contribution in [0, 0.1) is 0 Å². The van der Waals surface area contributed by atoms with Gasteiger partial charge in [0.15, 0.2) is 11.5 Å². The molecule has 4 rings (SSSR count). The lowest BCUT2D eigenvalue weighted by Crippen LogP contribution is -2.23. The van der Waals surface area contributed by atoms with Crippen LogP contribution in [0.15, 0.2) is 58.0 Å². The SMILES string of the molecule is CCc1nc2cc(NC(=O)CCn3cnc4ccccc4c3=O)ccc2o1. The van der Waals surface area contributed by atoms with Crippen molar-refractivity contribution in [3.63, 3.8) is 0 Å². The second kappa shape index (κ2) is 7.03. The van der Waals surface area contributed by atoms with Gasteiger partial charge in [0, 0.05) is 25.1 Å². The number of benzene rings is 2. The summed E-state index contributed by atoms with van der Waals surface area (Å²) in [5.74, 6) is 0.477. The second-order valence-electron chi connectivity index (χ2n) is 6.20. The number of aromatic nitrogens is 3. The minimum absolute atomic E-state index is 0.149. The Hall–Kier alpha value is -3.48. The third kappa shape index (κ3) is 3.44. The zero-order valence-corrected chi connectivity index (χ0v) is 14.8. The van der Waals surface area contributed by atoms with Gasteiger partial charge in [0.25, 0.3) is 5.56 Å².